The molecule has 0 aliphatic heterocycles. The molecule has 2 amide bonds. The summed E-state index contributed by atoms with van der Waals surface area (Å²) >= 11 is 0. The first-order valence-corrected chi connectivity index (χ1v) is 9.25. The van der Waals surface area contributed by atoms with Crippen molar-refractivity contribution in [3.8, 4) is 0 Å². The van der Waals surface area contributed by atoms with Gasteiger partial charge in [-0.1, -0.05) is 13.3 Å². The third-order valence-electron chi connectivity index (χ3n) is 3.38. The molecule has 1 aromatic rings. The molecule has 0 spiro atoms. The molecule has 0 radical (unpaired) electrons. The largest absolute Gasteiger partial charge is 0.462 e. The molecule has 150 valence electrons. The Hall–Kier alpha value is -2.57. The van der Waals surface area contributed by atoms with E-state index < -0.39 is 11.7 Å². The SMILES string of the molecule is CCCCOC(=O)c1ccc(NC(=O)CCCNC(=O)OC(C)(C)C)cc1. The van der Waals surface area contributed by atoms with Crippen LogP contribution in [0, 0.1) is 0 Å². The van der Waals surface area contributed by atoms with Crippen molar-refractivity contribution in [2.24, 2.45) is 0 Å². The third-order valence-corrected chi connectivity index (χ3v) is 3.38. The number of rotatable bonds is 9. The molecular weight excluding hydrogens is 348 g/mol. The predicted molar refractivity (Wildman–Crippen MR) is 104 cm³/mol. The lowest BCUT2D eigenvalue weighted by molar-refractivity contribution is -0.116. The standard InChI is InChI=1S/C20H30N2O5/c1-5-6-14-26-18(24)15-9-11-16(12-10-15)22-17(23)8-7-13-21-19(25)27-20(2,3)4/h9-12H,5-8,13-14H2,1-4H3,(H,21,25)(H,22,23). The molecule has 0 atom stereocenters. The number of esters is 1. The van der Waals surface area contributed by atoms with E-state index in [2.05, 4.69) is 10.6 Å². The van der Waals surface area contributed by atoms with Gasteiger partial charge in [-0.05, 0) is 57.9 Å². The number of ether oxygens (including phenoxy) is 2. The Kier molecular flexibility index (Phi) is 9.33. The minimum absolute atomic E-state index is 0.167. The number of benzene rings is 1. The molecule has 7 nitrogen and oxygen atoms in total. The molecule has 0 bridgehead atoms. The molecule has 0 aromatic heterocycles. The second kappa shape index (κ2) is 11.2. The number of anilines is 1. The van der Waals surface area contributed by atoms with Crippen LogP contribution in [0.5, 0.6) is 0 Å². The number of nitrogens with one attached hydrogen (secondary N) is 2. The van der Waals surface area contributed by atoms with Crippen molar-refractivity contribution in [3.63, 3.8) is 0 Å². The van der Waals surface area contributed by atoms with Gasteiger partial charge in [0.25, 0.3) is 0 Å². The number of alkyl carbamates (subject to hydrolysis) is 1. The normalized spacial score (nSPS) is 10.8. The zero-order chi connectivity index (χ0) is 20.3. The van der Waals surface area contributed by atoms with Crippen LogP contribution in [0.2, 0.25) is 0 Å². The van der Waals surface area contributed by atoms with Gasteiger partial charge in [-0.15, -0.1) is 0 Å². The molecule has 1 aromatic carbocycles. The molecule has 0 saturated carbocycles. The van der Waals surface area contributed by atoms with Crippen molar-refractivity contribution in [1.82, 2.24) is 5.32 Å². The zero-order valence-corrected chi connectivity index (χ0v) is 16.6. The quantitative estimate of drug-likeness (QED) is 0.502. The van der Waals surface area contributed by atoms with Crippen LogP contribution in [0.25, 0.3) is 0 Å². The highest BCUT2D eigenvalue weighted by Gasteiger charge is 2.15. The first-order valence-electron chi connectivity index (χ1n) is 9.25. The summed E-state index contributed by atoms with van der Waals surface area (Å²) in [6, 6.07) is 6.56. The summed E-state index contributed by atoms with van der Waals surface area (Å²) < 4.78 is 10.2. The van der Waals surface area contributed by atoms with Gasteiger partial charge in [-0.2, -0.15) is 0 Å². The molecule has 1 rings (SSSR count). The van der Waals surface area contributed by atoms with Gasteiger partial charge in [0.05, 0.1) is 12.2 Å². The van der Waals surface area contributed by atoms with Crippen molar-refractivity contribution in [1.29, 1.82) is 0 Å². The first-order chi connectivity index (χ1) is 12.7. The summed E-state index contributed by atoms with van der Waals surface area (Å²) in [6.07, 6.45) is 2.06. The number of hydrogen-bond donors (Lipinski definition) is 2. The first kappa shape index (κ1) is 22.5. The van der Waals surface area contributed by atoms with E-state index in [9.17, 15) is 14.4 Å². The van der Waals surface area contributed by atoms with E-state index in [4.69, 9.17) is 9.47 Å². The fraction of sp³-hybridized carbons (Fsp3) is 0.550. The van der Waals surface area contributed by atoms with E-state index in [0.29, 0.717) is 30.8 Å². The Balaban J connectivity index is 2.30. The van der Waals surface area contributed by atoms with Crippen LogP contribution in [-0.4, -0.2) is 36.7 Å². The summed E-state index contributed by atoms with van der Waals surface area (Å²) in [6.45, 7) is 8.15. The summed E-state index contributed by atoms with van der Waals surface area (Å²) in [5.41, 5.74) is 0.506. The van der Waals surface area contributed by atoms with Crippen LogP contribution in [0.1, 0.15) is 63.7 Å². The van der Waals surface area contributed by atoms with E-state index in [1.54, 1.807) is 45.0 Å². The number of unbranched alkanes of at least 4 members (excludes halogenated alkanes) is 1. The number of amides is 2. The molecule has 0 heterocycles. The zero-order valence-electron chi connectivity index (χ0n) is 16.6. The monoisotopic (exact) mass is 378 g/mol. The minimum atomic E-state index is -0.546. The van der Waals surface area contributed by atoms with Gasteiger partial charge in [0.15, 0.2) is 0 Å². The van der Waals surface area contributed by atoms with Gasteiger partial charge >= 0.3 is 12.1 Å². The second-order valence-electron chi connectivity index (χ2n) is 7.15. The second-order valence-corrected chi connectivity index (χ2v) is 7.15. The van der Waals surface area contributed by atoms with Crippen LogP contribution in [0.3, 0.4) is 0 Å². The van der Waals surface area contributed by atoms with Gasteiger partial charge in [-0.3, -0.25) is 4.79 Å². The van der Waals surface area contributed by atoms with Gasteiger partial charge in [0.2, 0.25) is 5.91 Å². The van der Waals surface area contributed by atoms with E-state index in [-0.39, 0.29) is 18.3 Å². The van der Waals surface area contributed by atoms with Gasteiger partial charge < -0.3 is 20.1 Å². The molecule has 0 unspecified atom stereocenters. The van der Waals surface area contributed by atoms with E-state index in [1.165, 1.54) is 0 Å². The highest BCUT2D eigenvalue weighted by atomic mass is 16.6. The Bertz CT molecular complexity index is 620. The molecular formula is C20H30N2O5. The smallest absolute Gasteiger partial charge is 0.407 e. The van der Waals surface area contributed by atoms with Crippen molar-refractivity contribution < 1.29 is 23.9 Å². The van der Waals surface area contributed by atoms with E-state index in [0.717, 1.165) is 12.8 Å². The van der Waals surface area contributed by atoms with Crippen LogP contribution in [0.15, 0.2) is 24.3 Å². The lowest BCUT2D eigenvalue weighted by Crippen LogP contribution is -2.33. The van der Waals surface area contributed by atoms with Crippen LogP contribution in [-0.2, 0) is 14.3 Å². The summed E-state index contributed by atoms with van der Waals surface area (Å²) in [5.74, 6) is -0.534. The predicted octanol–water partition coefficient (Wildman–Crippen LogP) is 3.89. The average Bonchev–Trinajstić information content (AvgIpc) is 2.58. The average molecular weight is 378 g/mol. The van der Waals surface area contributed by atoms with Gasteiger partial charge in [0.1, 0.15) is 5.60 Å². The van der Waals surface area contributed by atoms with Crippen LogP contribution in [0.4, 0.5) is 10.5 Å². The molecule has 7 heteroatoms. The number of carbonyl (C=O) groups excluding carboxylic acids is 3. The number of hydrogen-bond acceptors (Lipinski definition) is 5. The van der Waals surface area contributed by atoms with Crippen molar-refractivity contribution in [2.45, 2.75) is 59.0 Å². The molecule has 2 N–H and O–H groups in total. The Labute approximate surface area is 160 Å². The highest BCUT2D eigenvalue weighted by molar-refractivity contribution is 5.93. The Morgan fingerprint density at radius 1 is 1.04 bits per heavy atom. The summed E-state index contributed by atoms with van der Waals surface area (Å²) in [5, 5.41) is 5.36. The fourth-order valence-corrected chi connectivity index (χ4v) is 2.06. The van der Waals surface area contributed by atoms with Gasteiger partial charge in [0, 0.05) is 18.7 Å². The molecule has 0 saturated heterocycles. The maximum atomic E-state index is 11.9. The molecule has 27 heavy (non-hydrogen) atoms. The minimum Gasteiger partial charge on any atom is -0.462 e. The Morgan fingerprint density at radius 2 is 1.70 bits per heavy atom. The van der Waals surface area contributed by atoms with Crippen molar-refractivity contribution in [2.75, 3.05) is 18.5 Å². The fourth-order valence-electron chi connectivity index (χ4n) is 2.06. The lowest BCUT2D eigenvalue weighted by Gasteiger charge is -2.19. The third kappa shape index (κ3) is 10.2. The van der Waals surface area contributed by atoms with Crippen LogP contribution < -0.4 is 10.6 Å². The maximum Gasteiger partial charge on any atom is 0.407 e. The Morgan fingerprint density at radius 3 is 2.30 bits per heavy atom. The van der Waals surface area contributed by atoms with E-state index in [1.807, 2.05) is 6.92 Å². The van der Waals surface area contributed by atoms with Gasteiger partial charge in [-0.25, -0.2) is 9.59 Å². The summed E-state index contributed by atoms with van der Waals surface area (Å²) in [4.78, 5) is 35.2. The summed E-state index contributed by atoms with van der Waals surface area (Å²) in [7, 11) is 0. The molecule has 0 aliphatic carbocycles. The van der Waals surface area contributed by atoms with Crippen molar-refractivity contribution >= 4 is 23.7 Å². The topological polar surface area (TPSA) is 93.7 Å². The lowest BCUT2D eigenvalue weighted by atomic mass is 10.2. The number of carbonyl (C=O) groups is 3. The van der Waals surface area contributed by atoms with Crippen LogP contribution >= 0.6 is 0 Å². The maximum absolute atomic E-state index is 11.9. The van der Waals surface area contributed by atoms with E-state index >= 15 is 0 Å². The molecule has 0 fully saturated rings. The molecule has 0 aliphatic rings. The van der Waals surface area contributed by atoms with Crippen molar-refractivity contribution in [3.05, 3.63) is 29.8 Å². The highest BCUT2D eigenvalue weighted by Crippen LogP contribution is 2.12.